The molecule has 0 aliphatic carbocycles. The van der Waals surface area contributed by atoms with Crippen LogP contribution in [0.1, 0.15) is 37.4 Å². The van der Waals surface area contributed by atoms with Crippen LogP contribution in [0.5, 0.6) is 0 Å². The first-order valence-electron chi connectivity index (χ1n) is 9.63. The maximum Gasteiger partial charge on any atom is 0.335 e. The molecule has 3 rings (SSSR count). The molecule has 0 saturated heterocycles. The van der Waals surface area contributed by atoms with Crippen LogP contribution in [0.4, 0.5) is 4.39 Å². The van der Waals surface area contributed by atoms with E-state index >= 15 is 0 Å². The molecule has 3 aromatic carbocycles. The number of nitrogens with two attached hydrogens (primary N) is 2. The zero-order chi connectivity index (χ0) is 23.1. The van der Waals surface area contributed by atoms with Crippen molar-refractivity contribution in [3.63, 3.8) is 0 Å². The maximum absolute atomic E-state index is 13.0. The lowest BCUT2D eigenvalue weighted by atomic mass is 10.1. The van der Waals surface area contributed by atoms with Gasteiger partial charge in [0.15, 0.2) is 5.84 Å². The summed E-state index contributed by atoms with van der Waals surface area (Å²) in [6, 6.07) is 18.7. The van der Waals surface area contributed by atoms with Crippen molar-refractivity contribution in [1.82, 2.24) is 10.4 Å². The van der Waals surface area contributed by atoms with Gasteiger partial charge >= 0.3 is 5.97 Å². The molecule has 32 heavy (non-hydrogen) atoms. The monoisotopic (exact) mass is 435 g/mol. The average molecular weight is 435 g/mol. The van der Waals surface area contributed by atoms with E-state index in [0.717, 1.165) is 16.2 Å². The topological polar surface area (TPSA) is 134 Å². The number of aromatic carboxylic acids is 1. The summed E-state index contributed by atoms with van der Waals surface area (Å²) in [6.07, 6.45) is 0. The highest BCUT2D eigenvalue weighted by Crippen LogP contribution is 2.09. The van der Waals surface area contributed by atoms with E-state index in [0.29, 0.717) is 11.1 Å². The quantitative estimate of drug-likeness (QED) is 0.186. The predicted octanol–water partition coefficient (Wildman–Crippen LogP) is 2.45. The molecule has 0 heterocycles. The van der Waals surface area contributed by atoms with Gasteiger partial charge < -0.3 is 16.2 Å². The summed E-state index contributed by atoms with van der Waals surface area (Å²) >= 11 is 0. The van der Waals surface area contributed by atoms with Gasteiger partial charge in [-0.25, -0.2) is 20.1 Å². The summed E-state index contributed by atoms with van der Waals surface area (Å²) in [5.41, 5.74) is 8.63. The molecule has 1 amide bonds. The Labute approximate surface area is 183 Å². The van der Waals surface area contributed by atoms with E-state index in [1.807, 2.05) is 0 Å². The molecular weight excluding hydrogens is 413 g/mol. The number of hydrazine groups is 1. The van der Waals surface area contributed by atoms with E-state index in [-0.39, 0.29) is 36.2 Å². The molecule has 0 fully saturated rings. The Hall–Kier alpha value is -4.24. The smallest absolute Gasteiger partial charge is 0.335 e. The van der Waals surface area contributed by atoms with E-state index in [4.69, 9.17) is 16.7 Å². The summed E-state index contributed by atoms with van der Waals surface area (Å²) in [5, 5.41) is 17.0. The van der Waals surface area contributed by atoms with Crippen LogP contribution in [0.2, 0.25) is 0 Å². The molecule has 0 radical (unpaired) electrons. The Morgan fingerprint density at radius 1 is 0.938 bits per heavy atom. The number of halogens is 1. The minimum atomic E-state index is -1.01. The number of nitrogens with zero attached hydrogens (tertiary/aromatic N) is 2. The van der Waals surface area contributed by atoms with Gasteiger partial charge in [-0.2, -0.15) is 0 Å². The van der Waals surface area contributed by atoms with Crippen LogP contribution in [0.25, 0.3) is 0 Å². The van der Waals surface area contributed by atoms with Crippen LogP contribution in [0, 0.1) is 5.82 Å². The van der Waals surface area contributed by atoms with Crippen molar-refractivity contribution >= 4 is 17.7 Å². The number of carboxylic acids is 1. The number of benzene rings is 3. The van der Waals surface area contributed by atoms with Gasteiger partial charge in [0.25, 0.3) is 5.91 Å². The fraction of sp³-hybridized carbons (Fsp3) is 0.0870. The molecule has 0 bridgehead atoms. The molecule has 0 spiro atoms. The fourth-order valence-corrected chi connectivity index (χ4v) is 2.88. The van der Waals surface area contributed by atoms with Crippen LogP contribution in [0.3, 0.4) is 0 Å². The number of amidine groups is 1. The van der Waals surface area contributed by atoms with Gasteiger partial charge in [-0.15, -0.1) is 5.10 Å². The molecule has 3 aromatic rings. The molecule has 0 unspecified atom stereocenters. The highest BCUT2D eigenvalue weighted by Gasteiger charge is 2.09. The van der Waals surface area contributed by atoms with Crippen LogP contribution in [0.15, 0.2) is 77.9 Å². The lowest BCUT2D eigenvalue weighted by Gasteiger charge is -2.14. The van der Waals surface area contributed by atoms with Crippen molar-refractivity contribution in [2.24, 2.45) is 16.7 Å². The summed E-state index contributed by atoms with van der Waals surface area (Å²) in [7, 11) is 0. The third-order valence-corrected chi connectivity index (χ3v) is 4.57. The fourth-order valence-electron chi connectivity index (χ4n) is 2.88. The van der Waals surface area contributed by atoms with Crippen molar-refractivity contribution in [3.8, 4) is 0 Å². The van der Waals surface area contributed by atoms with E-state index in [1.54, 1.807) is 48.5 Å². The molecule has 0 aliphatic rings. The molecule has 8 nitrogen and oxygen atoms in total. The second-order valence-electron chi connectivity index (χ2n) is 6.97. The highest BCUT2D eigenvalue weighted by molar-refractivity contribution is 6.01. The molecule has 0 atom stereocenters. The predicted molar refractivity (Wildman–Crippen MR) is 118 cm³/mol. The standard InChI is InChI=1S/C23H22FN5O3/c24-20-10-6-16(7-11-20)14-29(26)28-21(25)18-2-1-3-19(12-18)22(30)27-13-15-4-8-17(9-5-15)23(31)32/h1-12H,13-14,26H2,(H2,25,28)(H,27,30)(H,31,32). The number of hydrogen-bond acceptors (Lipinski definition) is 5. The Morgan fingerprint density at radius 2 is 1.56 bits per heavy atom. The molecule has 9 heteroatoms. The third kappa shape index (κ3) is 6.13. The van der Waals surface area contributed by atoms with E-state index in [2.05, 4.69) is 10.4 Å². The first-order chi connectivity index (χ1) is 15.3. The van der Waals surface area contributed by atoms with Gasteiger partial charge in [0, 0.05) is 17.7 Å². The Morgan fingerprint density at radius 3 is 2.22 bits per heavy atom. The molecule has 164 valence electrons. The average Bonchev–Trinajstić information content (AvgIpc) is 2.79. The van der Waals surface area contributed by atoms with Crippen LogP contribution in [-0.2, 0) is 13.1 Å². The Balaban J connectivity index is 1.62. The lowest BCUT2D eigenvalue weighted by Crippen LogP contribution is -2.29. The van der Waals surface area contributed by atoms with Gasteiger partial charge in [0.1, 0.15) is 5.82 Å². The van der Waals surface area contributed by atoms with Gasteiger partial charge in [0.2, 0.25) is 0 Å². The minimum Gasteiger partial charge on any atom is -0.478 e. The first-order valence-corrected chi connectivity index (χ1v) is 9.63. The second-order valence-corrected chi connectivity index (χ2v) is 6.97. The highest BCUT2D eigenvalue weighted by atomic mass is 19.1. The number of hydrazone groups is 1. The van der Waals surface area contributed by atoms with Gasteiger partial charge in [0.05, 0.1) is 12.1 Å². The molecule has 0 aliphatic heterocycles. The van der Waals surface area contributed by atoms with Crippen LogP contribution >= 0.6 is 0 Å². The van der Waals surface area contributed by atoms with Crippen LogP contribution < -0.4 is 16.9 Å². The number of hydrogen-bond donors (Lipinski definition) is 4. The summed E-state index contributed by atoms with van der Waals surface area (Å²) in [6.45, 7) is 0.461. The maximum atomic E-state index is 13.0. The zero-order valence-electron chi connectivity index (χ0n) is 17.0. The number of nitrogens with one attached hydrogen (secondary N) is 1. The van der Waals surface area contributed by atoms with E-state index in [9.17, 15) is 14.0 Å². The molecule has 0 aromatic heterocycles. The number of carboxylic acid groups (broad SMARTS) is 1. The lowest BCUT2D eigenvalue weighted by molar-refractivity contribution is 0.0696. The minimum absolute atomic E-state index is 0.119. The van der Waals surface area contributed by atoms with Gasteiger partial charge in [-0.3, -0.25) is 4.79 Å². The molecular formula is C23H22FN5O3. The third-order valence-electron chi connectivity index (χ3n) is 4.57. The summed E-state index contributed by atoms with van der Waals surface area (Å²) in [4.78, 5) is 23.4. The van der Waals surface area contributed by atoms with Crippen LogP contribution in [-0.4, -0.2) is 27.9 Å². The summed E-state index contributed by atoms with van der Waals surface area (Å²) in [5.74, 6) is 4.33. The van der Waals surface area contributed by atoms with Gasteiger partial charge in [-0.1, -0.05) is 36.4 Å². The number of amides is 1. The van der Waals surface area contributed by atoms with Gasteiger partial charge in [-0.05, 0) is 47.5 Å². The van der Waals surface area contributed by atoms with Crippen molar-refractivity contribution in [1.29, 1.82) is 0 Å². The second kappa shape index (κ2) is 10.2. The number of carbonyl (C=O) groups excluding carboxylic acids is 1. The van der Waals surface area contributed by atoms with Crippen molar-refractivity contribution in [2.75, 3.05) is 0 Å². The Kier molecular flexibility index (Phi) is 7.14. The largest absolute Gasteiger partial charge is 0.478 e. The molecule has 6 N–H and O–H groups in total. The van der Waals surface area contributed by atoms with E-state index in [1.165, 1.54) is 24.3 Å². The number of carbonyl (C=O) groups is 2. The van der Waals surface area contributed by atoms with Crippen molar-refractivity contribution in [3.05, 3.63) is 106 Å². The Bertz CT molecular complexity index is 1130. The number of rotatable bonds is 8. The van der Waals surface area contributed by atoms with E-state index < -0.39 is 5.97 Å². The molecule has 0 saturated carbocycles. The van der Waals surface area contributed by atoms with Crippen molar-refractivity contribution in [2.45, 2.75) is 13.1 Å². The van der Waals surface area contributed by atoms with Crippen molar-refractivity contribution < 1.29 is 19.1 Å². The normalized spacial score (nSPS) is 11.1. The zero-order valence-corrected chi connectivity index (χ0v) is 17.0. The first kappa shape index (κ1) is 22.4. The SMILES string of the molecule is N/C(=N\N(N)Cc1ccc(F)cc1)c1cccc(C(=O)NCc2ccc(C(=O)O)cc2)c1. The summed E-state index contributed by atoms with van der Waals surface area (Å²) < 4.78 is 13.0.